The molecule has 17 heavy (non-hydrogen) atoms. The predicted octanol–water partition coefficient (Wildman–Crippen LogP) is 1.84. The normalized spacial score (nSPS) is 20.5. The predicted molar refractivity (Wildman–Crippen MR) is 70.2 cm³/mol. The van der Waals surface area contributed by atoms with Gasteiger partial charge in [0, 0.05) is 31.9 Å². The van der Waals surface area contributed by atoms with Crippen molar-refractivity contribution in [3.05, 3.63) is 18.6 Å². The van der Waals surface area contributed by atoms with Crippen molar-refractivity contribution < 1.29 is 0 Å². The number of rotatable bonds is 5. The van der Waals surface area contributed by atoms with E-state index in [-0.39, 0.29) is 0 Å². The Labute approximate surface area is 103 Å². The fourth-order valence-electron chi connectivity index (χ4n) is 2.40. The quantitative estimate of drug-likeness (QED) is 0.789. The average molecular weight is 234 g/mol. The van der Waals surface area contributed by atoms with Crippen LogP contribution in [0.3, 0.4) is 0 Å². The minimum absolute atomic E-state index is 0.588. The second-order valence-corrected chi connectivity index (χ2v) is 4.61. The molecular weight excluding hydrogens is 212 g/mol. The molecule has 2 heterocycles. The number of nitrogens with zero attached hydrogens (tertiary/aromatic N) is 3. The summed E-state index contributed by atoms with van der Waals surface area (Å²) in [5.41, 5.74) is 0. The molecule has 4 nitrogen and oxygen atoms in total. The minimum atomic E-state index is 0.588. The second kappa shape index (κ2) is 6.55. The smallest absolute Gasteiger partial charge is 0.132 e. The molecule has 0 radical (unpaired) electrons. The summed E-state index contributed by atoms with van der Waals surface area (Å²) < 4.78 is 0. The zero-order valence-corrected chi connectivity index (χ0v) is 10.6. The van der Waals surface area contributed by atoms with Gasteiger partial charge in [-0.05, 0) is 12.5 Å². The molecule has 0 spiro atoms. The molecule has 1 aliphatic rings. The standard InChI is InChI=1S/C13H22N4/c1-2-3-4-5-12-10-14-8-9-17(12)13-6-7-15-11-16-13/h6-7,11-12,14H,2-5,8-10H2,1H3. The first-order chi connectivity index (χ1) is 8.42. The highest BCUT2D eigenvalue weighted by Gasteiger charge is 2.22. The molecule has 1 aromatic rings. The van der Waals surface area contributed by atoms with E-state index in [1.54, 1.807) is 6.33 Å². The van der Waals surface area contributed by atoms with Gasteiger partial charge in [-0.2, -0.15) is 0 Å². The van der Waals surface area contributed by atoms with Crippen molar-refractivity contribution in [1.29, 1.82) is 0 Å². The van der Waals surface area contributed by atoms with E-state index in [1.165, 1.54) is 25.7 Å². The third-order valence-corrected chi connectivity index (χ3v) is 3.35. The highest BCUT2D eigenvalue weighted by atomic mass is 15.3. The summed E-state index contributed by atoms with van der Waals surface area (Å²) in [7, 11) is 0. The molecule has 0 aliphatic carbocycles. The van der Waals surface area contributed by atoms with E-state index < -0.39 is 0 Å². The monoisotopic (exact) mass is 234 g/mol. The number of anilines is 1. The van der Waals surface area contributed by atoms with Crippen LogP contribution < -0.4 is 10.2 Å². The lowest BCUT2D eigenvalue weighted by molar-refractivity contribution is 0.436. The van der Waals surface area contributed by atoms with Crippen molar-refractivity contribution in [2.24, 2.45) is 0 Å². The van der Waals surface area contributed by atoms with E-state index in [2.05, 4.69) is 27.1 Å². The number of hydrogen-bond donors (Lipinski definition) is 1. The Kier molecular flexibility index (Phi) is 4.74. The van der Waals surface area contributed by atoms with Crippen LogP contribution in [0.25, 0.3) is 0 Å². The molecular formula is C13H22N4. The van der Waals surface area contributed by atoms with E-state index in [4.69, 9.17) is 0 Å². The van der Waals surface area contributed by atoms with Crippen LogP contribution in [0.5, 0.6) is 0 Å². The van der Waals surface area contributed by atoms with Crippen LogP contribution in [0.15, 0.2) is 18.6 Å². The first-order valence-corrected chi connectivity index (χ1v) is 6.65. The molecule has 2 rings (SSSR count). The molecule has 4 heteroatoms. The van der Waals surface area contributed by atoms with Crippen LogP contribution in [0.2, 0.25) is 0 Å². The summed E-state index contributed by atoms with van der Waals surface area (Å²) in [6, 6.07) is 2.60. The van der Waals surface area contributed by atoms with Gasteiger partial charge in [-0.15, -0.1) is 0 Å². The molecule has 1 N–H and O–H groups in total. The Morgan fingerprint density at radius 3 is 3.18 bits per heavy atom. The summed E-state index contributed by atoms with van der Waals surface area (Å²) >= 11 is 0. The highest BCUT2D eigenvalue weighted by Crippen LogP contribution is 2.18. The van der Waals surface area contributed by atoms with Crippen LogP contribution in [0.4, 0.5) is 5.82 Å². The van der Waals surface area contributed by atoms with Crippen molar-refractivity contribution in [1.82, 2.24) is 15.3 Å². The summed E-state index contributed by atoms with van der Waals surface area (Å²) in [4.78, 5) is 10.8. The van der Waals surface area contributed by atoms with Gasteiger partial charge in [0.15, 0.2) is 0 Å². The summed E-state index contributed by atoms with van der Waals surface area (Å²) in [6.07, 6.45) is 8.64. The molecule has 0 amide bonds. The SMILES string of the molecule is CCCCCC1CNCCN1c1ccncn1. The minimum Gasteiger partial charge on any atom is -0.351 e. The topological polar surface area (TPSA) is 41.0 Å². The largest absolute Gasteiger partial charge is 0.351 e. The van der Waals surface area contributed by atoms with E-state index in [0.29, 0.717) is 6.04 Å². The number of piperazine rings is 1. The Balaban J connectivity index is 1.97. The van der Waals surface area contributed by atoms with Crippen molar-refractivity contribution >= 4 is 5.82 Å². The third-order valence-electron chi connectivity index (χ3n) is 3.35. The first kappa shape index (κ1) is 12.3. The lowest BCUT2D eigenvalue weighted by atomic mass is 10.1. The zero-order chi connectivity index (χ0) is 11.9. The number of hydrogen-bond acceptors (Lipinski definition) is 4. The van der Waals surface area contributed by atoms with Gasteiger partial charge in [-0.1, -0.05) is 26.2 Å². The molecule has 1 atom stereocenters. The molecule has 1 unspecified atom stereocenters. The summed E-state index contributed by atoms with van der Waals surface area (Å²) in [6.45, 7) is 5.43. The van der Waals surface area contributed by atoms with Crippen LogP contribution in [-0.2, 0) is 0 Å². The van der Waals surface area contributed by atoms with Gasteiger partial charge in [0.2, 0.25) is 0 Å². The maximum absolute atomic E-state index is 4.37. The summed E-state index contributed by atoms with van der Waals surface area (Å²) in [5.74, 6) is 1.07. The second-order valence-electron chi connectivity index (χ2n) is 4.61. The number of nitrogens with one attached hydrogen (secondary N) is 1. The third kappa shape index (κ3) is 3.40. The van der Waals surface area contributed by atoms with Crippen molar-refractivity contribution in [3.63, 3.8) is 0 Å². The van der Waals surface area contributed by atoms with Gasteiger partial charge in [-0.3, -0.25) is 0 Å². The molecule has 1 aliphatic heterocycles. The lowest BCUT2D eigenvalue weighted by Crippen LogP contribution is -2.51. The van der Waals surface area contributed by atoms with E-state index >= 15 is 0 Å². The van der Waals surface area contributed by atoms with Crippen LogP contribution in [0.1, 0.15) is 32.6 Å². The van der Waals surface area contributed by atoms with Crippen LogP contribution in [0, 0.1) is 0 Å². The fraction of sp³-hybridized carbons (Fsp3) is 0.692. The molecule has 0 saturated carbocycles. The number of unbranched alkanes of at least 4 members (excludes halogenated alkanes) is 2. The van der Waals surface area contributed by atoms with E-state index in [9.17, 15) is 0 Å². The number of aromatic nitrogens is 2. The van der Waals surface area contributed by atoms with Crippen LogP contribution >= 0.6 is 0 Å². The van der Waals surface area contributed by atoms with Gasteiger partial charge in [0.1, 0.15) is 12.1 Å². The van der Waals surface area contributed by atoms with Gasteiger partial charge in [-0.25, -0.2) is 9.97 Å². The molecule has 0 aromatic carbocycles. The van der Waals surface area contributed by atoms with Crippen molar-refractivity contribution in [2.75, 3.05) is 24.5 Å². The van der Waals surface area contributed by atoms with Gasteiger partial charge >= 0.3 is 0 Å². The van der Waals surface area contributed by atoms with Gasteiger partial charge < -0.3 is 10.2 Å². The Hall–Kier alpha value is -1.16. The van der Waals surface area contributed by atoms with Crippen molar-refractivity contribution in [2.45, 2.75) is 38.6 Å². The highest BCUT2D eigenvalue weighted by molar-refractivity contribution is 5.38. The molecule has 94 valence electrons. The molecule has 1 saturated heterocycles. The Morgan fingerprint density at radius 1 is 1.47 bits per heavy atom. The Bertz CT molecular complexity index is 314. The molecule has 1 fully saturated rings. The first-order valence-electron chi connectivity index (χ1n) is 6.65. The molecule has 0 bridgehead atoms. The average Bonchev–Trinajstić information content (AvgIpc) is 2.41. The zero-order valence-electron chi connectivity index (χ0n) is 10.6. The fourth-order valence-corrected chi connectivity index (χ4v) is 2.40. The lowest BCUT2D eigenvalue weighted by Gasteiger charge is -2.37. The maximum Gasteiger partial charge on any atom is 0.132 e. The van der Waals surface area contributed by atoms with Crippen LogP contribution in [-0.4, -0.2) is 35.6 Å². The van der Waals surface area contributed by atoms with E-state index in [1.807, 2.05) is 12.3 Å². The molecule has 1 aromatic heterocycles. The van der Waals surface area contributed by atoms with Gasteiger partial charge in [0.25, 0.3) is 0 Å². The Morgan fingerprint density at radius 2 is 2.41 bits per heavy atom. The van der Waals surface area contributed by atoms with E-state index in [0.717, 1.165) is 25.5 Å². The maximum atomic E-state index is 4.37. The summed E-state index contributed by atoms with van der Waals surface area (Å²) in [5, 5.41) is 3.48. The van der Waals surface area contributed by atoms with Crippen molar-refractivity contribution in [3.8, 4) is 0 Å². The van der Waals surface area contributed by atoms with Gasteiger partial charge in [0.05, 0.1) is 0 Å².